The van der Waals surface area contributed by atoms with Crippen LogP contribution in [0.5, 0.6) is 0 Å². The maximum Gasteiger partial charge on any atom is 0.303 e. The van der Waals surface area contributed by atoms with Gasteiger partial charge in [-0.1, -0.05) is 41.9 Å². The second kappa shape index (κ2) is 5.80. The zero-order chi connectivity index (χ0) is 13.8. The summed E-state index contributed by atoms with van der Waals surface area (Å²) in [7, 11) is 0. The van der Waals surface area contributed by atoms with Gasteiger partial charge in [0.05, 0.1) is 0 Å². The number of aliphatic carboxylic acids is 1. The van der Waals surface area contributed by atoms with Crippen LogP contribution in [0.3, 0.4) is 0 Å². The molecule has 1 aromatic carbocycles. The van der Waals surface area contributed by atoms with Crippen molar-refractivity contribution in [3.63, 3.8) is 0 Å². The van der Waals surface area contributed by atoms with Crippen molar-refractivity contribution in [3.8, 4) is 11.4 Å². The van der Waals surface area contributed by atoms with Gasteiger partial charge in [-0.25, -0.2) is 9.97 Å². The van der Waals surface area contributed by atoms with Gasteiger partial charge in [0.1, 0.15) is 5.15 Å². The molecule has 0 saturated carbocycles. The van der Waals surface area contributed by atoms with Gasteiger partial charge in [-0.15, -0.1) is 0 Å². The van der Waals surface area contributed by atoms with E-state index in [4.69, 9.17) is 16.7 Å². The van der Waals surface area contributed by atoms with Crippen LogP contribution in [-0.4, -0.2) is 21.0 Å². The first-order valence-corrected chi connectivity index (χ1v) is 6.26. The summed E-state index contributed by atoms with van der Waals surface area (Å²) in [6, 6.07) is 9.53. The van der Waals surface area contributed by atoms with E-state index in [1.165, 1.54) is 0 Å². The fraction of sp³-hybridized carbons (Fsp3) is 0.214. The molecule has 0 amide bonds. The summed E-state index contributed by atoms with van der Waals surface area (Å²) in [6.07, 6.45) is 0.365. The molecule has 2 aromatic rings. The van der Waals surface area contributed by atoms with Crippen LogP contribution < -0.4 is 0 Å². The first-order valence-electron chi connectivity index (χ1n) is 5.88. The highest BCUT2D eigenvalue weighted by molar-refractivity contribution is 6.30. The monoisotopic (exact) mass is 276 g/mol. The van der Waals surface area contributed by atoms with Crippen molar-refractivity contribution in [2.45, 2.75) is 19.8 Å². The molecule has 0 saturated heterocycles. The lowest BCUT2D eigenvalue weighted by molar-refractivity contribution is -0.136. The zero-order valence-electron chi connectivity index (χ0n) is 10.4. The van der Waals surface area contributed by atoms with Gasteiger partial charge in [-0.3, -0.25) is 4.79 Å². The number of halogens is 1. The fourth-order valence-electron chi connectivity index (χ4n) is 1.79. The highest BCUT2D eigenvalue weighted by atomic mass is 35.5. The molecule has 0 aliphatic carbocycles. The average Bonchev–Trinajstić information content (AvgIpc) is 2.38. The Morgan fingerprint density at radius 3 is 2.53 bits per heavy atom. The van der Waals surface area contributed by atoms with Gasteiger partial charge in [0.2, 0.25) is 0 Å². The van der Waals surface area contributed by atoms with Crippen LogP contribution in [0.2, 0.25) is 5.15 Å². The van der Waals surface area contributed by atoms with Crippen molar-refractivity contribution >= 4 is 17.6 Å². The topological polar surface area (TPSA) is 63.1 Å². The van der Waals surface area contributed by atoms with Crippen molar-refractivity contribution in [1.82, 2.24) is 9.97 Å². The molecule has 0 atom stereocenters. The van der Waals surface area contributed by atoms with E-state index >= 15 is 0 Å². The minimum atomic E-state index is -0.859. The van der Waals surface area contributed by atoms with E-state index < -0.39 is 5.97 Å². The second-order valence-electron chi connectivity index (χ2n) is 4.16. The maximum absolute atomic E-state index is 10.6. The smallest absolute Gasteiger partial charge is 0.303 e. The highest BCUT2D eigenvalue weighted by Crippen LogP contribution is 2.23. The minimum Gasteiger partial charge on any atom is -0.481 e. The molecule has 0 radical (unpaired) electrons. The molecule has 1 aromatic heterocycles. The highest BCUT2D eigenvalue weighted by Gasteiger charge is 2.12. The van der Waals surface area contributed by atoms with Crippen LogP contribution in [0.4, 0.5) is 0 Å². The molecule has 98 valence electrons. The molecule has 1 heterocycles. The van der Waals surface area contributed by atoms with E-state index in [0.717, 1.165) is 11.3 Å². The van der Waals surface area contributed by atoms with Crippen molar-refractivity contribution in [3.05, 3.63) is 46.7 Å². The summed E-state index contributed by atoms with van der Waals surface area (Å²) in [4.78, 5) is 19.2. The third-order valence-electron chi connectivity index (χ3n) is 2.78. The molecule has 0 fully saturated rings. The maximum atomic E-state index is 10.6. The lowest BCUT2D eigenvalue weighted by atomic mass is 10.1. The Morgan fingerprint density at radius 2 is 1.95 bits per heavy atom. The van der Waals surface area contributed by atoms with Crippen LogP contribution in [-0.2, 0) is 11.2 Å². The Bertz CT molecular complexity index is 577. The Hall–Kier alpha value is -1.94. The standard InChI is InChI=1S/C14H13ClN2O2/c1-9-11(7-8-12(18)19)13(15)17-14(16-9)10-5-3-2-4-6-10/h2-6H,7-8H2,1H3,(H,18,19). The van der Waals surface area contributed by atoms with Crippen LogP contribution in [0.1, 0.15) is 17.7 Å². The van der Waals surface area contributed by atoms with E-state index in [2.05, 4.69) is 9.97 Å². The normalized spacial score (nSPS) is 10.4. The third kappa shape index (κ3) is 3.29. The Morgan fingerprint density at radius 1 is 1.26 bits per heavy atom. The van der Waals surface area contributed by atoms with Gasteiger partial charge in [-0.05, 0) is 13.3 Å². The SMILES string of the molecule is Cc1nc(-c2ccccc2)nc(Cl)c1CCC(=O)O. The lowest BCUT2D eigenvalue weighted by Gasteiger charge is -2.08. The molecular weight excluding hydrogens is 264 g/mol. The van der Waals surface area contributed by atoms with Crippen LogP contribution in [0, 0.1) is 6.92 Å². The second-order valence-corrected chi connectivity index (χ2v) is 4.52. The number of hydrogen-bond acceptors (Lipinski definition) is 3. The number of rotatable bonds is 4. The van der Waals surface area contributed by atoms with Gasteiger partial charge in [0, 0.05) is 23.2 Å². The van der Waals surface area contributed by atoms with Gasteiger partial charge in [0.15, 0.2) is 5.82 Å². The van der Waals surface area contributed by atoms with E-state index in [0.29, 0.717) is 23.0 Å². The molecule has 1 N–H and O–H groups in total. The van der Waals surface area contributed by atoms with Crippen LogP contribution >= 0.6 is 11.6 Å². The van der Waals surface area contributed by atoms with E-state index in [1.54, 1.807) is 0 Å². The zero-order valence-corrected chi connectivity index (χ0v) is 11.2. The number of benzene rings is 1. The number of aryl methyl sites for hydroxylation is 1. The predicted octanol–water partition coefficient (Wildman–Crippen LogP) is 3.12. The molecule has 0 aliphatic heterocycles. The van der Waals surface area contributed by atoms with E-state index in [9.17, 15) is 4.79 Å². The minimum absolute atomic E-state index is 0.0224. The molecule has 5 heteroatoms. The predicted molar refractivity (Wildman–Crippen MR) is 73.2 cm³/mol. The summed E-state index contributed by atoms with van der Waals surface area (Å²) in [6.45, 7) is 1.82. The van der Waals surface area contributed by atoms with Gasteiger partial charge in [0.25, 0.3) is 0 Å². The number of carboxylic acids is 1. The van der Waals surface area contributed by atoms with Crippen molar-refractivity contribution < 1.29 is 9.90 Å². The van der Waals surface area contributed by atoms with Crippen LogP contribution in [0.15, 0.2) is 30.3 Å². The van der Waals surface area contributed by atoms with Crippen molar-refractivity contribution in [2.75, 3.05) is 0 Å². The van der Waals surface area contributed by atoms with Gasteiger partial charge in [-0.2, -0.15) is 0 Å². The largest absolute Gasteiger partial charge is 0.481 e. The number of nitrogens with zero attached hydrogens (tertiary/aromatic N) is 2. The third-order valence-corrected chi connectivity index (χ3v) is 3.10. The van der Waals surface area contributed by atoms with E-state index in [1.807, 2.05) is 37.3 Å². The van der Waals surface area contributed by atoms with Gasteiger partial charge >= 0.3 is 5.97 Å². The number of hydrogen-bond donors (Lipinski definition) is 1. The van der Waals surface area contributed by atoms with E-state index in [-0.39, 0.29) is 6.42 Å². The molecule has 2 rings (SSSR count). The number of carboxylic acid groups (broad SMARTS) is 1. The summed E-state index contributed by atoms with van der Waals surface area (Å²) in [5, 5.41) is 9.03. The molecular formula is C14H13ClN2O2. The molecule has 0 unspecified atom stereocenters. The average molecular weight is 277 g/mol. The molecule has 0 aliphatic rings. The summed E-state index contributed by atoms with van der Waals surface area (Å²) in [5.41, 5.74) is 2.31. The summed E-state index contributed by atoms with van der Waals surface area (Å²) >= 11 is 6.12. The summed E-state index contributed by atoms with van der Waals surface area (Å²) in [5.74, 6) is -0.301. The molecule has 0 bridgehead atoms. The lowest BCUT2D eigenvalue weighted by Crippen LogP contribution is -2.04. The number of carbonyl (C=O) groups is 1. The van der Waals surface area contributed by atoms with Crippen molar-refractivity contribution in [1.29, 1.82) is 0 Å². The Labute approximate surface area is 116 Å². The Kier molecular flexibility index (Phi) is 4.12. The molecule has 4 nitrogen and oxygen atoms in total. The van der Waals surface area contributed by atoms with Gasteiger partial charge < -0.3 is 5.11 Å². The molecule has 0 spiro atoms. The van der Waals surface area contributed by atoms with Crippen molar-refractivity contribution in [2.24, 2.45) is 0 Å². The first kappa shape index (κ1) is 13.5. The first-order chi connectivity index (χ1) is 9.08. The van der Waals surface area contributed by atoms with Crippen LogP contribution in [0.25, 0.3) is 11.4 Å². The summed E-state index contributed by atoms with van der Waals surface area (Å²) < 4.78 is 0. The fourth-order valence-corrected chi connectivity index (χ4v) is 2.10. The number of aromatic nitrogens is 2. The Balaban J connectivity index is 2.34. The molecule has 19 heavy (non-hydrogen) atoms. The quantitative estimate of drug-likeness (QED) is 0.872.